The molecule has 1 heterocycles. The van der Waals surface area contributed by atoms with E-state index >= 15 is 0 Å². The average molecular weight is 256 g/mol. The van der Waals surface area contributed by atoms with Crippen LogP contribution < -0.4 is 5.32 Å². The van der Waals surface area contributed by atoms with Crippen molar-refractivity contribution in [3.8, 4) is 5.75 Å². The summed E-state index contributed by atoms with van der Waals surface area (Å²) in [7, 11) is 0. The van der Waals surface area contributed by atoms with Crippen molar-refractivity contribution in [3.63, 3.8) is 0 Å². The first-order chi connectivity index (χ1) is 8.08. The highest BCUT2D eigenvalue weighted by atomic mass is 35.5. The highest BCUT2D eigenvalue weighted by Crippen LogP contribution is 2.22. The van der Waals surface area contributed by atoms with Gasteiger partial charge in [-0.1, -0.05) is 11.6 Å². The van der Waals surface area contributed by atoms with E-state index in [-0.39, 0.29) is 29.4 Å². The Labute approximate surface area is 105 Å². The number of halogens is 1. The van der Waals surface area contributed by atoms with E-state index in [0.29, 0.717) is 11.6 Å². The van der Waals surface area contributed by atoms with Crippen molar-refractivity contribution in [1.29, 1.82) is 0 Å². The van der Waals surface area contributed by atoms with Crippen molar-refractivity contribution in [2.24, 2.45) is 0 Å². The molecule has 0 aliphatic carbocycles. The van der Waals surface area contributed by atoms with Gasteiger partial charge in [0.05, 0.1) is 17.7 Å². The van der Waals surface area contributed by atoms with Crippen molar-refractivity contribution < 1.29 is 14.6 Å². The number of nitrogens with one attached hydrogen (secondary N) is 1. The number of carbonyl (C=O) groups excluding carboxylic acids is 1. The molecule has 5 heteroatoms. The van der Waals surface area contributed by atoms with E-state index in [2.05, 4.69) is 5.32 Å². The fourth-order valence-electron chi connectivity index (χ4n) is 1.86. The van der Waals surface area contributed by atoms with E-state index in [1.54, 1.807) is 0 Å². The molecule has 1 aliphatic rings. The van der Waals surface area contributed by atoms with Crippen molar-refractivity contribution in [2.45, 2.75) is 25.5 Å². The lowest BCUT2D eigenvalue weighted by Gasteiger charge is -2.16. The molecule has 1 aromatic rings. The third-order valence-electron chi connectivity index (χ3n) is 2.90. The quantitative estimate of drug-likeness (QED) is 0.849. The number of aromatic hydroxyl groups is 1. The Balaban J connectivity index is 2.11. The van der Waals surface area contributed by atoms with Crippen LogP contribution in [-0.2, 0) is 4.74 Å². The number of ether oxygens (including phenoxy) is 1. The molecule has 0 bridgehead atoms. The van der Waals surface area contributed by atoms with E-state index in [1.807, 2.05) is 6.92 Å². The van der Waals surface area contributed by atoms with E-state index in [0.717, 1.165) is 6.42 Å². The highest BCUT2D eigenvalue weighted by Gasteiger charge is 2.26. The van der Waals surface area contributed by atoms with Crippen molar-refractivity contribution >= 4 is 17.5 Å². The summed E-state index contributed by atoms with van der Waals surface area (Å²) in [6, 6.07) is 4.38. The fourth-order valence-corrected chi connectivity index (χ4v) is 2.03. The number of phenols is 1. The lowest BCUT2D eigenvalue weighted by Crippen LogP contribution is -2.39. The van der Waals surface area contributed by atoms with Crippen LogP contribution in [0, 0.1) is 0 Å². The lowest BCUT2D eigenvalue weighted by molar-refractivity contribution is 0.0864. The van der Waals surface area contributed by atoms with Crippen LogP contribution in [0.5, 0.6) is 5.75 Å². The van der Waals surface area contributed by atoms with Crippen LogP contribution in [0.4, 0.5) is 0 Å². The maximum absolute atomic E-state index is 11.9. The SMILES string of the molecule is CC1OCCC1NC(=O)c1cc(Cl)ccc1O. The summed E-state index contributed by atoms with van der Waals surface area (Å²) in [5.41, 5.74) is 0.191. The van der Waals surface area contributed by atoms with Gasteiger partial charge in [0.2, 0.25) is 0 Å². The van der Waals surface area contributed by atoms with Crippen molar-refractivity contribution in [1.82, 2.24) is 5.32 Å². The van der Waals surface area contributed by atoms with Crippen molar-refractivity contribution in [2.75, 3.05) is 6.61 Å². The molecule has 1 saturated heterocycles. The molecule has 1 aliphatic heterocycles. The van der Waals surface area contributed by atoms with Crippen LogP contribution in [0.25, 0.3) is 0 Å². The molecule has 1 aromatic carbocycles. The summed E-state index contributed by atoms with van der Waals surface area (Å²) >= 11 is 5.79. The molecule has 0 spiro atoms. The molecule has 17 heavy (non-hydrogen) atoms. The van der Waals surface area contributed by atoms with Crippen LogP contribution in [0.2, 0.25) is 5.02 Å². The van der Waals surface area contributed by atoms with Crippen LogP contribution in [0.3, 0.4) is 0 Å². The zero-order valence-corrected chi connectivity index (χ0v) is 10.2. The number of carbonyl (C=O) groups is 1. The molecule has 1 amide bonds. The molecule has 0 radical (unpaired) electrons. The first kappa shape index (κ1) is 12.2. The Morgan fingerprint density at radius 3 is 3.00 bits per heavy atom. The zero-order valence-electron chi connectivity index (χ0n) is 9.44. The van der Waals surface area contributed by atoms with Gasteiger partial charge in [0.25, 0.3) is 5.91 Å². The van der Waals surface area contributed by atoms with Gasteiger partial charge in [0.15, 0.2) is 0 Å². The van der Waals surface area contributed by atoms with Crippen LogP contribution in [0.1, 0.15) is 23.7 Å². The number of amides is 1. The summed E-state index contributed by atoms with van der Waals surface area (Å²) in [4.78, 5) is 11.9. The van der Waals surface area contributed by atoms with Gasteiger partial charge in [0, 0.05) is 11.6 Å². The van der Waals surface area contributed by atoms with E-state index < -0.39 is 0 Å². The largest absolute Gasteiger partial charge is 0.507 e. The summed E-state index contributed by atoms with van der Waals surface area (Å²) in [6.07, 6.45) is 0.786. The first-order valence-corrected chi connectivity index (χ1v) is 5.86. The second-order valence-corrected chi connectivity index (χ2v) is 4.54. The van der Waals surface area contributed by atoms with Gasteiger partial charge in [-0.05, 0) is 31.5 Å². The second-order valence-electron chi connectivity index (χ2n) is 4.11. The number of rotatable bonds is 2. The minimum Gasteiger partial charge on any atom is -0.507 e. The van der Waals surface area contributed by atoms with E-state index in [1.165, 1.54) is 18.2 Å². The highest BCUT2D eigenvalue weighted by molar-refractivity contribution is 6.31. The standard InChI is InChI=1S/C12H14ClNO3/c1-7-10(4-5-17-7)14-12(16)9-6-8(13)2-3-11(9)15/h2-3,6-7,10,15H,4-5H2,1H3,(H,14,16). The lowest BCUT2D eigenvalue weighted by atomic mass is 10.1. The van der Waals surface area contributed by atoms with Gasteiger partial charge in [-0.3, -0.25) is 4.79 Å². The molecule has 92 valence electrons. The molecule has 2 unspecified atom stereocenters. The Hall–Kier alpha value is -1.26. The summed E-state index contributed by atoms with van der Waals surface area (Å²) in [5.74, 6) is -0.397. The molecule has 2 rings (SSSR count). The maximum Gasteiger partial charge on any atom is 0.255 e. The number of phenolic OH excluding ortho intramolecular Hbond substituents is 1. The van der Waals surface area contributed by atoms with Crippen LogP contribution in [0.15, 0.2) is 18.2 Å². The van der Waals surface area contributed by atoms with Gasteiger partial charge in [-0.25, -0.2) is 0 Å². The van der Waals surface area contributed by atoms with Gasteiger partial charge >= 0.3 is 0 Å². The first-order valence-electron chi connectivity index (χ1n) is 5.49. The summed E-state index contributed by atoms with van der Waals surface area (Å²) < 4.78 is 5.35. The monoisotopic (exact) mass is 255 g/mol. The van der Waals surface area contributed by atoms with Crippen LogP contribution >= 0.6 is 11.6 Å². The molecule has 4 nitrogen and oxygen atoms in total. The van der Waals surface area contributed by atoms with E-state index in [4.69, 9.17) is 16.3 Å². The Bertz CT molecular complexity index is 436. The van der Waals surface area contributed by atoms with Crippen LogP contribution in [-0.4, -0.2) is 29.8 Å². The van der Waals surface area contributed by atoms with Gasteiger partial charge in [-0.2, -0.15) is 0 Å². The Morgan fingerprint density at radius 2 is 2.35 bits per heavy atom. The van der Waals surface area contributed by atoms with Gasteiger partial charge < -0.3 is 15.2 Å². The predicted molar refractivity (Wildman–Crippen MR) is 64.4 cm³/mol. The average Bonchev–Trinajstić information content (AvgIpc) is 2.68. The second kappa shape index (κ2) is 4.94. The maximum atomic E-state index is 11.9. The molecule has 2 N–H and O–H groups in total. The summed E-state index contributed by atoms with van der Waals surface area (Å²) in [6.45, 7) is 2.56. The zero-order chi connectivity index (χ0) is 12.4. The third-order valence-corrected chi connectivity index (χ3v) is 3.13. The minimum atomic E-state index is -0.327. The molecule has 1 fully saturated rings. The van der Waals surface area contributed by atoms with Gasteiger partial charge in [0.1, 0.15) is 5.75 Å². The van der Waals surface area contributed by atoms with Gasteiger partial charge in [-0.15, -0.1) is 0 Å². The van der Waals surface area contributed by atoms with E-state index in [9.17, 15) is 9.90 Å². The topological polar surface area (TPSA) is 58.6 Å². The predicted octanol–water partition coefficient (Wildman–Crippen LogP) is 1.95. The molecule has 0 aromatic heterocycles. The number of hydrogen-bond donors (Lipinski definition) is 2. The number of benzene rings is 1. The molecule has 0 saturated carbocycles. The normalized spacial score (nSPS) is 23.6. The Morgan fingerprint density at radius 1 is 1.59 bits per heavy atom. The fraction of sp³-hybridized carbons (Fsp3) is 0.417. The molecular weight excluding hydrogens is 242 g/mol. The summed E-state index contributed by atoms with van der Waals surface area (Å²) in [5, 5.41) is 12.8. The minimum absolute atomic E-state index is 0.000257. The third kappa shape index (κ3) is 2.70. The number of hydrogen-bond acceptors (Lipinski definition) is 3. The molecule has 2 atom stereocenters. The van der Waals surface area contributed by atoms with Crippen molar-refractivity contribution in [3.05, 3.63) is 28.8 Å². The molecular formula is C12H14ClNO3. The smallest absolute Gasteiger partial charge is 0.255 e. The Kier molecular flexibility index (Phi) is 3.54.